The molecule has 4 heteroatoms. The molecule has 0 aliphatic rings. The second-order valence-electron chi connectivity index (χ2n) is 0.0722. The Morgan fingerprint density at radius 1 is 1.60 bits per heavy atom. The molecule has 0 aromatic heterocycles. The summed E-state index contributed by atoms with van der Waals surface area (Å²) in [5.74, 6) is 0. The topological polar surface area (TPSA) is 17.1 Å². The van der Waals surface area contributed by atoms with E-state index in [1.54, 1.807) is 0 Å². The van der Waals surface area contributed by atoms with Crippen LogP contribution in [0.3, 0.4) is 0 Å². The predicted molar refractivity (Wildman–Crippen MR) is 15.6 cm³/mol. The van der Waals surface area contributed by atoms with Gasteiger partial charge in [-0.1, -0.05) is 0 Å². The Morgan fingerprint density at radius 3 is 1.60 bits per heavy atom. The van der Waals surface area contributed by atoms with Gasteiger partial charge in [0.15, 0.2) is 17.4 Å². The van der Waals surface area contributed by atoms with Gasteiger partial charge in [0.25, 0.3) is 0 Å². The number of carbonyl (C=O) groups excluding carboxylic acids is 1. The Bertz CT molecular complexity index is 32.6. The molecule has 0 amide bonds. The van der Waals surface area contributed by atoms with Gasteiger partial charge in [-0.15, -0.1) is 0 Å². The molecule has 1 nitrogen and oxygen atoms in total. The van der Waals surface area contributed by atoms with Gasteiger partial charge in [0, 0.05) is 16.5 Å². The molecule has 0 bridgehead atoms. The average molecular weight is 173 g/mol. The fourth-order valence-corrected chi connectivity index (χ4v) is 0. The fraction of sp³-hybridized carbons (Fsp3) is 0. The Hall–Kier alpha value is 1.13. The third-order valence-electron chi connectivity index (χ3n) is 0. The van der Waals surface area contributed by atoms with Crippen molar-refractivity contribution in [3.05, 3.63) is 0 Å². The molecule has 0 unspecified atom stereocenters. The van der Waals surface area contributed by atoms with E-state index in [1.165, 1.54) is 4.79 Å². The van der Waals surface area contributed by atoms with Crippen molar-refractivity contribution in [3.8, 4) is 0 Å². The van der Waals surface area contributed by atoms with Crippen LogP contribution in [0.15, 0.2) is 0 Å². The molecule has 34 valence electrons. The number of hydrogen-bond donors (Lipinski definition) is 0. The molecule has 0 atom stereocenters. The predicted octanol–water partition coefficient (Wildman–Crippen LogP) is -1.59. The molecule has 0 aromatic carbocycles. The zero-order valence-electron chi connectivity index (χ0n) is 1.58. The van der Waals surface area contributed by atoms with Crippen molar-refractivity contribution >= 4 is 22.1 Å². The SMILES string of the molecule is O=[C]=[Fe].[AlH3].[Ni]. The first-order valence-corrected chi connectivity index (χ1v) is 0.933. The van der Waals surface area contributed by atoms with Gasteiger partial charge in [-0.3, -0.25) is 0 Å². The van der Waals surface area contributed by atoms with Crippen LogP contribution >= 0.6 is 0 Å². The van der Waals surface area contributed by atoms with Gasteiger partial charge >= 0.3 is 25.2 Å². The second-order valence-corrected chi connectivity index (χ2v) is 0.298. The van der Waals surface area contributed by atoms with Crippen LogP contribution in [0.5, 0.6) is 0 Å². The molecule has 0 rings (SSSR count). The van der Waals surface area contributed by atoms with Crippen molar-refractivity contribution in [1.29, 1.82) is 0 Å². The van der Waals surface area contributed by atoms with Crippen molar-refractivity contribution in [2.24, 2.45) is 0 Å². The minimum Gasteiger partial charge on any atom is 0 e. The van der Waals surface area contributed by atoms with Crippen molar-refractivity contribution in [1.82, 2.24) is 0 Å². The largest absolute Gasteiger partial charge is 0.187 e. The van der Waals surface area contributed by atoms with Crippen molar-refractivity contribution in [3.63, 3.8) is 0 Å². The van der Waals surface area contributed by atoms with Gasteiger partial charge in [-0.2, -0.15) is 0 Å². The van der Waals surface area contributed by atoms with Crippen LogP contribution in [0, 0.1) is 0 Å². The van der Waals surface area contributed by atoms with Gasteiger partial charge in [0.05, 0.1) is 0 Å². The van der Waals surface area contributed by atoms with Crippen LogP contribution in [0.4, 0.5) is 0 Å². The van der Waals surface area contributed by atoms with E-state index in [0.717, 1.165) is 0 Å². The van der Waals surface area contributed by atoms with Crippen LogP contribution in [0.25, 0.3) is 0 Å². The smallest absolute Gasteiger partial charge is 0 e. The Morgan fingerprint density at radius 2 is 1.60 bits per heavy atom. The van der Waals surface area contributed by atoms with Gasteiger partial charge in [-0.05, 0) is 0 Å². The molecule has 0 aromatic rings. The molecule has 0 aliphatic carbocycles. The van der Waals surface area contributed by atoms with Crippen LogP contribution in [-0.2, 0) is 36.9 Å². The molecule has 0 N–H and O–H groups in total. The van der Waals surface area contributed by atoms with Gasteiger partial charge in [-0.25, -0.2) is 0 Å². The van der Waals surface area contributed by atoms with E-state index in [0.29, 0.717) is 0 Å². The maximum Gasteiger partial charge on any atom is 0.187 e. The van der Waals surface area contributed by atoms with Gasteiger partial charge in [0.1, 0.15) is 0 Å². The van der Waals surface area contributed by atoms with E-state index in [1.807, 2.05) is 0 Å². The summed E-state index contributed by atoms with van der Waals surface area (Å²) >= 11 is 2.68. The first-order valence-electron chi connectivity index (χ1n) is 0.381. The van der Waals surface area contributed by atoms with Gasteiger partial charge in [0.2, 0.25) is 0 Å². The Labute approximate surface area is 58.9 Å². The molecule has 0 aliphatic heterocycles. The third kappa shape index (κ3) is 39.5. The summed E-state index contributed by atoms with van der Waals surface area (Å²) in [5.41, 5.74) is 0. The first kappa shape index (κ1) is 16.5. The molecule has 0 heterocycles. The maximum absolute atomic E-state index is 8.57. The summed E-state index contributed by atoms with van der Waals surface area (Å²) in [7, 11) is 0. The minimum atomic E-state index is 0. The summed E-state index contributed by atoms with van der Waals surface area (Å²) in [6, 6.07) is 0. The van der Waals surface area contributed by atoms with E-state index in [9.17, 15) is 0 Å². The molecule has 5 heavy (non-hydrogen) atoms. The zero-order chi connectivity index (χ0) is 2.71. The standard InChI is InChI=1S/CO.Al.Fe.Ni.3H/c1-2;;;;;;. The summed E-state index contributed by atoms with van der Waals surface area (Å²) < 4.78 is 0. The first-order chi connectivity index (χ1) is 1.41. The quantitative estimate of drug-likeness (QED) is 0.403. The van der Waals surface area contributed by atoms with Crippen LogP contribution < -0.4 is 0 Å². The van der Waals surface area contributed by atoms with E-state index < -0.39 is 0 Å². The zero-order valence-corrected chi connectivity index (χ0v) is 3.67. The van der Waals surface area contributed by atoms with E-state index >= 15 is 0 Å². The second kappa shape index (κ2) is 19.3. The monoisotopic (exact) mass is 172 g/mol. The van der Waals surface area contributed by atoms with E-state index in [2.05, 4.69) is 15.6 Å². The molecule has 0 radical (unpaired) electrons. The molecule has 0 saturated carbocycles. The van der Waals surface area contributed by atoms with E-state index in [4.69, 9.17) is 4.79 Å². The van der Waals surface area contributed by atoms with Crippen molar-refractivity contribution < 1.29 is 36.9 Å². The molecular formula is CH3AlFeNiO. The van der Waals surface area contributed by atoms with Gasteiger partial charge < -0.3 is 0 Å². The number of rotatable bonds is 0. The fourth-order valence-electron chi connectivity index (χ4n) is 0. The normalized spacial score (nSPS) is 1.80. The van der Waals surface area contributed by atoms with Crippen molar-refractivity contribution in [2.75, 3.05) is 0 Å². The summed E-state index contributed by atoms with van der Waals surface area (Å²) in [5, 5.41) is 0. The third-order valence-corrected chi connectivity index (χ3v) is 0. The minimum absolute atomic E-state index is 0. The Kier molecular flexibility index (Phi) is 63.6. The Balaban J connectivity index is -0.0000000200. The molecule has 0 fully saturated rings. The summed E-state index contributed by atoms with van der Waals surface area (Å²) in [6.45, 7) is 0. The molecular weight excluding hydrogens is 170 g/mol. The maximum atomic E-state index is 8.57. The van der Waals surface area contributed by atoms with Crippen LogP contribution in [0.1, 0.15) is 0 Å². The van der Waals surface area contributed by atoms with Crippen LogP contribution in [-0.4, -0.2) is 22.1 Å². The molecule has 0 saturated heterocycles. The summed E-state index contributed by atoms with van der Waals surface area (Å²) in [6.07, 6.45) is 0. The number of hydrogen-bond acceptors (Lipinski definition) is 1. The van der Waals surface area contributed by atoms with Crippen molar-refractivity contribution in [2.45, 2.75) is 0 Å². The molecule has 0 spiro atoms. The summed E-state index contributed by atoms with van der Waals surface area (Å²) in [4.78, 5) is 9.82. The van der Waals surface area contributed by atoms with E-state index in [-0.39, 0.29) is 33.9 Å². The van der Waals surface area contributed by atoms with Crippen LogP contribution in [0.2, 0.25) is 0 Å². The average Bonchev–Trinajstić information content (AvgIpc) is 0.918.